The number of non-ortho nitro benzene ring substituents is 1. The zero-order chi connectivity index (χ0) is 12.4. The number of nitro groups is 1. The van der Waals surface area contributed by atoms with E-state index in [1.165, 1.54) is 25.3 Å². The lowest BCUT2D eigenvalue weighted by Gasteiger charge is -2.07. The van der Waals surface area contributed by atoms with Crippen LogP contribution in [0, 0.1) is 16.0 Å². The molecule has 1 saturated carbocycles. The van der Waals surface area contributed by atoms with Crippen LogP contribution in [0.25, 0.3) is 0 Å². The van der Waals surface area contributed by atoms with Crippen molar-refractivity contribution in [3.8, 4) is 0 Å². The predicted octanol–water partition coefficient (Wildman–Crippen LogP) is 3.96. The molecule has 2 rings (SSSR count). The number of rotatable bonds is 5. The minimum absolute atomic E-state index is 0.114. The summed E-state index contributed by atoms with van der Waals surface area (Å²) in [5.41, 5.74) is 1.06. The van der Waals surface area contributed by atoms with Crippen LogP contribution in [0.5, 0.6) is 0 Å². The third-order valence-corrected chi connectivity index (χ3v) is 3.74. The molecular formula is C12H15BrN2O2. The second-order valence-electron chi connectivity index (χ2n) is 4.46. The van der Waals surface area contributed by atoms with Crippen LogP contribution in [0.3, 0.4) is 0 Å². The van der Waals surface area contributed by atoms with Gasteiger partial charge >= 0.3 is 0 Å². The number of hydrogen-bond acceptors (Lipinski definition) is 3. The monoisotopic (exact) mass is 298 g/mol. The van der Waals surface area contributed by atoms with Gasteiger partial charge < -0.3 is 5.32 Å². The number of nitro benzene ring substituents is 1. The molecule has 17 heavy (non-hydrogen) atoms. The van der Waals surface area contributed by atoms with E-state index in [2.05, 4.69) is 28.2 Å². The fraction of sp³-hybridized carbons (Fsp3) is 0.500. The van der Waals surface area contributed by atoms with E-state index in [1.54, 1.807) is 12.1 Å². The first-order valence-electron chi connectivity index (χ1n) is 5.82. The van der Waals surface area contributed by atoms with Gasteiger partial charge in [-0.25, -0.2) is 0 Å². The highest BCUT2D eigenvalue weighted by Gasteiger charge is 2.36. The van der Waals surface area contributed by atoms with Crippen molar-refractivity contribution in [3.05, 3.63) is 32.8 Å². The largest absolute Gasteiger partial charge is 0.381 e. The van der Waals surface area contributed by atoms with Crippen molar-refractivity contribution in [2.24, 2.45) is 5.92 Å². The Bertz CT molecular complexity index is 437. The Morgan fingerprint density at radius 2 is 2.35 bits per heavy atom. The van der Waals surface area contributed by atoms with Crippen LogP contribution in [-0.4, -0.2) is 11.0 Å². The van der Waals surface area contributed by atoms with Crippen molar-refractivity contribution in [1.82, 2.24) is 0 Å². The normalized spacial score (nSPS) is 22.2. The van der Waals surface area contributed by atoms with Crippen molar-refractivity contribution in [3.63, 3.8) is 0 Å². The molecule has 0 saturated heterocycles. The lowest BCUT2D eigenvalue weighted by Crippen LogP contribution is -2.05. The van der Waals surface area contributed by atoms with Gasteiger partial charge in [0.15, 0.2) is 0 Å². The molecule has 0 spiro atoms. The standard InChI is InChI=1S/C12H15BrN2O2/c1-2-3-8-6-12(8)14-11-5-4-9(15(16)17)7-10(11)13/h4-5,7-8,12,14H,2-3,6H2,1H3. The topological polar surface area (TPSA) is 55.2 Å². The summed E-state index contributed by atoms with van der Waals surface area (Å²) < 4.78 is 0.758. The lowest BCUT2D eigenvalue weighted by atomic mass is 10.2. The summed E-state index contributed by atoms with van der Waals surface area (Å²) in [6.45, 7) is 2.19. The van der Waals surface area contributed by atoms with E-state index in [-0.39, 0.29) is 10.6 Å². The highest BCUT2D eigenvalue weighted by atomic mass is 79.9. The van der Waals surface area contributed by atoms with Gasteiger partial charge in [0.05, 0.1) is 4.92 Å². The second kappa shape index (κ2) is 5.04. The average molecular weight is 299 g/mol. The first-order chi connectivity index (χ1) is 8.11. The van der Waals surface area contributed by atoms with Gasteiger partial charge in [-0.05, 0) is 40.8 Å². The van der Waals surface area contributed by atoms with Crippen molar-refractivity contribution in [1.29, 1.82) is 0 Å². The van der Waals surface area contributed by atoms with Gasteiger partial charge in [0, 0.05) is 28.3 Å². The van der Waals surface area contributed by atoms with Gasteiger partial charge in [0.25, 0.3) is 5.69 Å². The van der Waals surface area contributed by atoms with Crippen molar-refractivity contribution in [2.45, 2.75) is 32.2 Å². The third kappa shape index (κ3) is 2.97. The Balaban J connectivity index is 2.00. The summed E-state index contributed by atoms with van der Waals surface area (Å²) in [6, 6.07) is 5.38. The zero-order valence-electron chi connectivity index (χ0n) is 9.65. The van der Waals surface area contributed by atoms with E-state index in [9.17, 15) is 10.1 Å². The lowest BCUT2D eigenvalue weighted by molar-refractivity contribution is -0.384. The van der Waals surface area contributed by atoms with Crippen LogP contribution in [0.15, 0.2) is 22.7 Å². The maximum absolute atomic E-state index is 10.6. The maximum atomic E-state index is 10.6. The van der Waals surface area contributed by atoms with Crippen molar-refractivity contribution >= 4 is 27.3 Å². The number of hydrogen-bond donors (Lipinski definition) is 1. The molecule has 0 bridgehead atoms. The smallest absolute Gasteiger partial charge is 0.270 e. The van der Waals surface area contributed by atoms with E-state index in [4.69, 9.17) is 0 Å². The summed E-state index contributed by atoms with van der Waals surface area (Å²) in [4.78, 5) is 10.2. The Morgan fingerprint density at radius 1 is 1.59 bits per heavy atom. The molecule has 0 amide bonds. The minimum Gasteiger partial charge on any atom is -0.381 e. The summed E-state index contributed by atoms with van der Waals surface area (Å²) >= 11 is 3.36. The molecule has 0 radical (unpaired) electrons. The molecule has 5 heteroatoms. The van der Waals surface area contributed by atoms with Crippen LogP contribution >= 0.6 is 15.9 Å². The van der Waals surface area contributed by atoms with E-state index in [0.717, 1.165) is 16.1 Å². The molecule has 1 N–H and O–H groups in total. The molecule has 0 aromatic heterocycles. The SMILES string of the molecule is CCCC1CC1Nc1ccc([N+](=O)[O-])cc1Br. The number of nitrogens with zero attached hydrogens (tertiary/aromatic N) is 1. The average Bonchev–Trinajstić information content (AvgIpc) is 3.00. The molecule has 1 fully saturated rings. The Kier molecular flexibility index (Phi) is 3.66. The van der Waals surface area contributed by atoms with E-state index < -0.39 is 0 Å². The number of benzene rings is 1. The quantitative estimate of drug-likeness (QED) is 0.661. The van der Waals surface area contributed by atoms with Gasteiger partial charge in [-0.15, -0.1) is 0 Å². The molecule has 0 aliphatic heterocycles. The van der Waals surface area contributed by atoms with E-state index >= 15 is 0 Å². The molecule has 92 valence electrons. The molecule has 1 aliphatic carbocycles. The molecular weight excluding hydrogens is 284 g/mol. The van der Waals surface area contributed by atoms with Crippen LogP contribution in [0.4, 0.5) is 11.4 Å². The fourth-order valence-electron chi connectivity index (χ4n) is 2.05. The van der Waals surface area contributed by atoms with Gasteiger partial charge in [-0.1, -0.05) is 13.3 Å². The highest BCUT2D eigenvalue weighted by molar-refractivity contribution is 9.10. The molecule has 1 aliphatic rings. The molecule has 2 unspecified atom stereocenters. The Morgan fingerprint density at radius 3 is 2.94 bits per heavy atom. The Hall–Kier alpha value is -1.10. The minimum atomic E-state index is -0.383. The molecule has 4 nitrogen and oxygen atoms in total. The number of anilines is 1. The number of halogens is 1. The summed E-state index contributed by atoms with van der Waals surface area (Å²) in [5.74, 6) is 0.766. The molecule has 1 aromatic carbocycles. The molecule has 0 heterocycles. The van der Waals surface area contributed by atoms with Crippen molar-refractivity contribution < 1.29 is 4.92 Å². The van der Waals surface area contributed by atoms with Crippen LogP contribution in [-0.2, 0) is 0 Å². The van der Waals surface area contributed by atoms with Crippen LogP contribution < -0.4 is 5.32 Å². The Labute approximate surface area is 109 Å². The number of nitrogens with one attached hydrogen (secondary N) is 1. The molecule has 2 atom stereocenters. The van der Waals surface area contributed by atoms with Crippen LogP contribution in [0.1, 0.15) is 26.2 Å². The summed E-state index contributed by atoms with van der Waals surface area (Å²) in [5, 5.41) is 14.0. The first kappa shape index (κ1) is 12.4. The highest BCUT2D eigenvalue weighted by Crippen LogP contribution is 2.39. The maximum Gasteiger partial charge on any atom is 0.270 e. The van der Waals surface area contributed by atoms with Crippen LogP contribution in [0.2, 0.25) is 0 Å². The molecule has 1 aromatic rings. The van der Waals surface area contributed by atoms with Gasteiger partial charge in [-0.3, -0.25) is 10.1 Å². The van der Waals surface area contributed by atoms with E-state index in [1.807, 2.05) is 0 Å². The zero-order valence-corrected chi connectivity index (χ0v) is 11.2. The summed E-state index contributed by atoms with van der Waals surface area (Å²) in [6.07, 6.45) is 3.67. The summed E-state index contributed by atoms with van der Waals surface area (Å²) in [7, 11) is 0. The van der Waals surface area contributed by atoms with Gasteiger partial charge in [0.2, 0.25) is 0 Å². The first-order valence-corrected chi connectivity index (χ1v) is 6.61. The second-order valence-corrected chi connectivity index (χ2v) is 5.31. The fourth-order valence-corrected chi connectivity index (χ4v) is 2.53. The van der Waals surface area contributed by atoms with E-state index in [0.29, 0.717) is 6.04 Å². The van der Waals surface area contributed by atoms with Gasteiger partial charge in [-0.2, -0.15) is 0 Å². The predicted molar refractivity (Wildman–Crippen MR) is 71.2 cm³/mol. The van der Waals surface area contributed by atoms with Crippen molar-refractivity contribution in [2.75, 3.05) is 5.32 Å². The van der Waals surface area contributed by atoms with Gasteiger partial charge in [0.1, 0.15) is 0 Å². The third-order valence-electron chi connectivity index (χ3n) is 3.09.